The van der Waals surface area contributed by atoms with Crippen molar-refractivity contribution in [2.24, 2.45) is 0 Å². The molecule has 0 unspecified atom stereocenters. The maximum atomic E-state index is 11.3. The molecular formula is C22H21N3O2. The van der Waals surface area contributed by atoms with Crippen molar-refractivity contribution in [2.45, 2.75) is 38.8 Å². The highest BCUT2D eigenvalue weighted by Gasteiger charge is 2.27. The van der Waals surface area contributed by atoms with Crippen molar-refractivity contribution in [2.75, 3.05) is 5.32 Å². The van der Waals surface area contributed by atoms with Crippen LogP contribution in [0.3, 0.4) is 0 Å². The summed E-state index contributed by atoms with van der Waals surface area (Å²) in [5, 5.41) is 7.69. The number of nitrogens with one attached hydrogen (secondary N) is 1. The van der Waals surface area contributed by atoms with E-state index in [1.54, 1.807) is 0 Å². The van der Waals surface area contributed by atoms with Crippen molar-refractivity contribution in [3.63, 3.8) is 0 Å². The van der Waals surface area contributed by atoms with Crippen LogP contribution in [0.4, 0.5) is 5.69 Å². The quantitative estimate of drug-likeness (QED) is 0.757. The fourth-order valence-corrected chi connectivity index (χ4v) is 3.73. The smallest absolute Gasteiger partial charge is 0.221 e. The predicted octanol–water partition coefficient (Wildman–Crippen LogP) is 4.33. The summed E-state index contributed by atoms with van der Waals surface area (Å²) in [6.07, 6.45) is 2.55. The molecule has 1 amide bonds. The van der Waals surface area contributed by atoms with E-state index in [1.807, 2.05) is 22.9 Å². The maximum absolute atomic E-state index is 11.3. The Morgan fingerprint density at radius 3 is 2.85 bits per heavy atom. The van der Waals surface area contributed by atoms with Crippen LogP contribution >= 0.6 is 0 Å². The predicted molar refractivity (Wildman–Crippen MR) is 104 cm³/mol. The number of aromatic nitrogens is 2. The first kappa shape index (κ1) is 16.1. The molecule has 27 heavy (non-hydrogen) atoms. The highest BCUT2D eigenvalue weighted by molar-refractivity contribution is 5.88. The van der Waals surface area contributed by atoms with Gasteiger partial charge in [-0.1, -0.05) is 30.3 Å². The van der Waals surface area contributed by atoms with Gasteiger partial charge in [0.2, 0.25) is 5.91 Å². The van der Waals surface area contributed by atoms with Crippen LogP contribution in [-0.4, -0.2) is 15.7 Å². The standard InChI is InChI=1S/C22H21N3O2/c1-14(26)23-17-9-8-16-12-25-18(13-27-22(16)10-17)11-21(24-25)20-5-3-2-4-19(20)15-6-7-15/h2-5,8-11,15H,6-7,12-13H2,1H3,(H,23,26). The van der Waals surface area contributed by atoms with E-state index in [-0.39, 0.29) is 5.91 Å². The van der Waals surface area contributed by atoms with Gasteiger partial charge >= 0.3 is 0 Å². The zero-order valence-electron chi connectivity index (χ0n) is 15.2. The zero-order chi connectivity index (χ0) is 18.4. The second-order valence-electron chi connectivity index (χ2n) is 7.33. The topological polar surface area (TPSA) is 56.1 Å². The monoisotopic (exact) mass is 359 g/mol. The summed E-state index contributed by atoms with van der Waals surface area (Å²) in [6.45, 7) is 2.63. The highest BCUT2D eigenvalue weighted by Crippen LogP contribution is 2.44. The van der Waals surface area contributed by atoms with Crippen LogP contribution in [0.15, 0.2) is 48.5 Å². The van der Waals surface area contributed by atoms with Gasteiger partial charge in [-0.3, -0.25) is 9.48 Å². The third kappa shape index (κ3) is 3.10. The van der Waals surface area contributed by atoms with Crippen molar-refractivity contribution < 1.29 is 9.53 Å². The number of hydrogen-bond acceptors (Lipinski definition) is 3. The van der Waals surface area contributed by atoms with E-state index in [0.717, 1.165) is 28.4 Å². The van der Waals surface area contributed by atoms with Gasteiger partial charge in [0, 0.05) is 29.8 Å². The molecule has 0 spiro atoms. The van der Waals surface area contributed by atoms with Crippen LogP contribution in [0.5, 0.6) is 5.75 Å². The molecule has 0 bridgehead atoms. The molecule has 5 rings (SSSR count). The average molecular weight is 359 g/mol. The zero-order valence-corrected chi connectivity index (χ0v) is 15.2. The maximum Gasteiger partial charge on any atom is 0.221 e. The SMILES string of the molecule is CC(=O)Nc1ccc2c(c1)OCc1cc(-c3ccccc3C3CC3)nn1C2. The Morgan fingerprint density at radius 1 is 1.19 bits per heavy atom. The molecule has 0 atom stereocenters. The van der Waals surface area contributed by atoms with E-state index >= 15 is 0 Å². The third-order valence-corrected chi connectivity index (χ3v) is 5.20. The molecule has 1 N–H and O–H groups in total. The van der Waals surface area contributed by atoms with Crippen LogP contribution in [0, 0.1) is 0 Å². The van der Waals surface area contributed by atoms with Crippen molar-refractivity contribution in [3.8, 4) is 17.0 Å². The first-order chi connectivity index (χ1) is 13.2. The molecule has 1 aromatic heterocycles. The van der Waals surface area contributed by atoms with Crippen LogP contribution < -0.4 is 10.1 Å². The van der Waals surface area contributed by atoms with E-state index in [2.05, 4.69) is 35.6 Å². The molecule has 5 heteroatoms. The Balaban J connectivity index is 1.47. The molecule has 2 heterocycles. The van der Waals surface area contributed by atoms with Crippen molar-refractivity contribution in [1.82, 2.24) is 9.78 Å². The summed E-state index contributed by atoms with van der Waals surface area (Å²) >= 11 is 0. The number of amides is 1. The Bertz CT molecular complexity index is 1030. The minimum Gasteiger partial charge on any atom is -0.487 e. The molecule has 5 nitrogen and oxygen atoms in total. The number of rotatable bonds is 3. The Labute approximate surface area is 158 Å². The Morgan fingerprint density at radius 2 is 2.04 bits per heavy atom. The lowest BCUT2D eigenvalue weighted by molar-refractivity contribution is -0.114. The molecule has 1 saturated carbocycles. The number of ether oxygens (including phenoxy) is 1. The number of carbonyl (C=O) groups excluding carboxylic acids is 1. The molecular weight excluding hydrogens is 338 g/mol. The summed E-state index contributed by atoms with van der Waals surface area (Å²) in [7, 11) is 0. The molecule has 3 aromatic rings. The molecule has 2 aromatic carbocycles. The van der Waals surface area contributed by atoms with E-state index in [1.165, 1.54) is 30.9 Å². The Hall–Kier alpha value is -3.08. The third-order valence-electron chi connectivity index (χ3n) is 5.20. The second kappa shape index (κ2) is 6.27. The van der Waals surface area contributed by atoms with Crippen LogP contribution in [0.25, 0.3) is 11.3 Å². The van der Waals surface area contributed by atoms with Crippen LogP contribution in [0.1, 0.15) is 42.5 Å². The van der Waals surface area contributed by atoms with Crippen molar-refractivity contribution in [1.29, 1.82) is 0 Å². The van der Waals surface area contributed by atoms with Gasteiger partial charge in [-0.15, -0.1) is 0 Å². The summed E-state index contributed by atoms with van der Waals surface area (Å²) < 4.78 is 8.05. The van der Waals surface area contributed by atoms with Crippen LogP contribution in [0.2, 0.25) is 0 Å². The molecule has 136 valence electrons. The van der Waals surface area contributed by atoms with Crippen LogP contribution in [-0.2, 0) is 17.9 Å². The van der Waals surface area contributed by atoms with E-state index < -0.39 is 0 Å². The first-order valence-electron chi connectivity index (χ1n) is 9.37. The van der Waals surface area contributed by atoms with Crippen molar-refractivity contribution >= 4 is 11.6 Å². The lowest BCUT2D eigenvalue weighted by atomic mass is 10.0. The highest BCUT2D eigenvalue weighted by atomic mass is 16.5. The molecule has 0 saturated heterocycles. The van der Waals surface area contributed by atoms with Gasteiger partial charge in [0.1, 0.15) is 12.4 Å². The van der Waals surface area contributed by atoms with E-state index in [0.29, 0.717) is 19.1 Å². The molecule has 1 aliphatic carbocycles. The molecule has 0 radical (unpaired) electrons. The van der Waals surface area contributed by atoms with Gasteiger partial charge in [-0.2, -0.15) is 5.10 Å². The fraction of sp³-hybridized carbons (Fsp3) is 0.273. The second-order valence-corrected chi connectivity index (χ2v) is 7.33. The minimum absolute atomic E-state index is 0.0875. The van der Waals surface area contributed by atoms with E-state index in [9.17, 15) is 4.79 Å². The largest absolute Gasteiger partial charge is 0.487 e. The lowest BCUT2D eigenvalue weighted by Crippen LogP contribution is -2.06. The first-order valence-corrected chi connectivity index (χ1v) is 9.37. The average Bonchev–Trinajstić information content (AvgIpc) is 3.45. The van der Waals surface area contributed by atoms with Crippen molar-refractivity contribution in [3.05, 3.63) is 65.4 Å². The number of fused-ring (bicyclic) bond motifs is 2. The van der Waals surface area contributed by atoms with Gasteiger partial charge in [-0.05, 0) is 36.5 Å². The molecule has 2 aliphatic rings. The van der Waals surface area contributed by atoms with Gasteiger partial charge in [-0.25, -0.2) is 0 Å². The molecule has 1 aliphatic heterocycles. The summed E-state index contributed by atoms with van der Waals surface area (Å²) in [4.78, 5) is 11.3. The Kier molecular flexibility index (Phi) is 3.74. The fourth-order valence-electron chi connectivity index (χ4n) is 3.73. The lowest BCUT2D eigenvalue weighted by Gasteiger charge is -2.10. The number of nitrogens with zero attached hydrogens (tertiary/aromatic N) is 2. The summed E-state index contributed by atoms with van der Waals surface area (Å²) in [5.74, 6) is 1.40. The number of hydrogen-bond donors (Lipinski definition) is 1. The number of anilines is 1. The number of benzene rings is 2. The van der Waals surface area contributed by atoms with Gasteiger partial charge in [0.25, 0.3) is 0 Å². The number of carbonyl (C=O) groups is 1. The summed E-state index contributed by atoms with van der Waals surface area (Å²) in [6, 6.07) is 16.5. The van der Waals surface area contributed by atoms with E-state index in [4.69, 9.17) is 9.84 Å². The summed E-state index contributed by atoms with van der Waals surface area (Å²) in [5.41, 5.74) is 6.55. The van der Waals surface area contributed by atoms with Gasteiger partial charge in [0.05, 0.1) is 17.9 Å². The normalized spacial score (nSPS) is 15.3. The van der Waals surface area contributed by atoms with Gasteiger partial charge < -0.3 is 10.1 Å². The minimum atomic E-state index is -0.0875. The van der Waals surface area contributed by atoms with Gasteiger partial charge in [0.15, 0.2) is 0 Å². The molecule has 1 fully saturated rings.